The fourth-order valence-corrected chi connectivity index (χ4v) is 3.93. The molecular weight excluding hydrogens is 242 g/mol. The molecule has 3 aliphatic rings. The predicted molar refractivity (Wildman–Crippen MR) is 68.0 cm³/mol. The van der Waals surface area contributed by atoms with Gasteiger partial charge in [0.25, 0.3) is 0 Å². The predicted octanol–water partition coefficient (Wildman–Crippen LogP) is 2.28. The Morgan fingerprint density at radius 2 is 2.16 bits per heavy atom. The van der Waals surface area contributed by atoms with Gasteiger partial charge < -0.3 is 9.47 Å². The van der Waals surface area contributed by atoms with Gasteiger partial charge in [0.2, 0.25) is 0 Å². The first kappa shape index (κ1) is 13.1. The summed E-state index contributed by atoms with van der Waals surface area (Å²) in [5.41, 5.74) is -0.521. The van der Waals surface area contributed by atoms with E-state index in [1.807, 2.05) is 6.92 Å². The lowest BCUT2D eigenvalue weighted by Gasteiger charge is -2.43. The number of Topliss-reactive ketones (excluding diaryl/α,β-unsaturated/α-hetero) is 1. The monoisotopic (exact) mass is 263 g/mol. The van der Waals surface area contributed by atoms with E-state index in [2.05, 4.69) is 13.0 Å². The van der Waals surface area contributed by atoms with Gasteiger partial charge in [-0.05, 0) is 38.5 Å². The molecule has 0 aromatic heterocycles. The number of rotatable bonds is 1. The molecule has 3 fully saturated rings. The Labute approximate surface area is 114 Å². The normalized spacial score (nSPS) is 49.9. The molecule has 2 heterocycles. The van der Waals surface area contributed by atoms with Crippen molar-refractivity contribution in [1.29, 1.82) is 5.26 Å². The maximum Gasteiger partial charge on any atom is 0.160 e. The molecule has 0 N–H and O–H groups in total. The van der Waals surface area contributed by atoms with Crippen LogP contribution in [0.5, 0.6) is 0 Å². The van der Waals surface area contributed by atoms with E-state index in [1.165, 1.54) is 0 Å². The maximum atomic E-state index is 12.7. The summed E-state index contributed by atoms with van der Waals surface area (Å²) >= 11 is 0. The van der Waals surface area contributed by atoms with Crippen molar-refractivity contribution in [2.45, 2.75) is 51.9 Å². The summed E-state index contributed by atoms with van der Waals surface area (Å²) in [6, 6.07) is 2.17. The first-order valence-corrected chi connectivity index (χ1v) is 7.28. The molecule has 104 valence electrons. The van der Waals surface area contributed by atoms with Crippen molar-refractivity contribution >= 4 is 5.78 Å². The number of hydrogen-bond donors (Lipinski definition) is 0. The van der Waals surface area contributed by atoms with Crippen molar-refractivity contribution in [3.63, 3.8) is 0 Å². The van der Waals surface area contributed by atoms with Gasteiger partial charge >= 0.3 is 0 Å². The van der Waals surface area contributed by atoms with Crippen LogP contribution in [-0.4, -0.2) is 24.8 Å². The SMILES string of the molecule is C[C@@H]1CCC(C#N)C(=O)[C@@]1(C)[C@H]1C[C@@H]2CCO[C@@H]2O1. The summed E-state index contributed by atoms with van der Waals surface area (Å²) in [6.07, 6.45) is 3.35. The molecular formula is C15H21NO3. The van der Waals surface area contributed by atoms with Crippen LogP contribution in [0.1, 0.15) is 39.5 Å². The van der Waals surface area contributed by atoms with Gasteiger partial charge in [-0.1, -0.05) is 6.92 Å². The minimum atomic E-state index is -0.521. The highest BCUT2D eigenvalue weighted by Gasteiger charge is 2.56. The van der Waals surface area contributed by atoms with E-state index < -0.39 is 11.3 Å². The average molecular weight is 263 g/mol. The second kappa shape index (κ2) is 4.57. The maximum absolute atomic E-state index is 12.7. The van der Waals surface area contributed by atoms with Crippen molar-refractivity contribution in [2.75, 3.05) is 6.61 Å². The fourth-order valence-electron chi connectivity index (χ4n) is 3.93. The summed E-state index contributed by atoms with van der Waals surface area (Å²) in [7, 11) is 0. The zero-order valence-electron chi connectivity index (χ0n) is 11.6. The molecule has 4 nitrogen and oxygen atoms in total. The van der Waals surface area contributed by atoms with Gasteiger partial charge in [-0.25, -0.2) is 0 Å². The Morgan fingerprint density at radius 1 is 1.37 bits per heavy atom. The molecule has 2 saturated heterocycles. The molecule has 1 unspecified atom stereocenters. The third kappa shape index (κ3) is 1.83. The molecule has 2 aliphatic heterocycles. The lowest BCUT2D eigenvalue weighted by Crippen LogP contribution is -2.50. The number of fused-ring (bicyclic) bond motifs is 1. The van der Waals surface area contributed by atoms with Crippen LogP contribution in [-0.2, 0) is 14.3 Å². The number of carbonyl (C=O) groups is 1. The minimum Gasteiger partial charge on any atom is -0.352 e. The molecule has 0 radical (unpaired) electrons. The molecule has 0 amide bonds. The van der Waals surface area contributed by atoms with Gasteiger partial charge in [0, 0.05) is 5.92 Å². The van der Waals surface area contributed by atoms with Crippen LogP contribution < -0.4 is 0 Å². The Hall–Kier alpha value is -0.920. The van der Waals surface area contributed by atoms with Crippen LogP contribution in [0.25, 0.3) is 0 Å². The van der Waals surface area contributed by atoms with E-state index in [1.54, 1.807) is 0 Å². The fraction of sp³-hybridized carbons (Fsp3) is 0.867. The van der Waals surface area contributed by atoms with Gasteiger partial charge in [0.15, 0.2) is 12.1 Å². The highest BCUT2D eigenvalue weighted by atomic mass is 16.7. The van der Waals surface area contributed by atoms with E-state index in [9.17, 15) is 4.79 Å². The molecule has 6 atom stereocenters. The van der Waals surface area contributed by atoms with Gasteiger partial charge in [-0.3, -0.25) is 4.79 Å². The minimum absolute atomic E-state index is 0.0820. The van der Waals surface area contributed by atoms with E-state index in [4.69, 9.17) is 14.7 Å². The number of ketones is 1. The Kier molecular flexibility index (Phi) is 3.15. The lowest BCUT2D eigenvalue weighted by molar-refractivity contribution is -0.170. The van der Waals surface area contributed by atoms with Crippen LogP contribution in [0.4, 0.5) is 0 Å². The van der Waals surface area contributed by atoms with Gasteiger partial charge in [0.1, 0.15) is 5.92 Å². The summed E-state index contributed by atoms with van der Waals surface area (Å²) < 4.78 is 11.6. The zero-order chi connectivity index (χ0) is 13.6. The first-order chi connectivity index (χ1) is 9.07. The molecule has 4 heteroatoms. The van der Waals surface area contributed by atoms with Crippen molar-refractivity contribution in [2.24, 2.45) is 23.2 Å². The van der Waals surface area contributed by atoms with Crippen molar-refractivity contribution in [3.05, 3.63) is 0 Å². The quantitative estimate of drug-likeness (QED) is 0.728. The van der Waals surface area contributed by atoms with Crippen molar-refractivity contribution in [3.8, 4) is 6.07 Å². The summed E-state index contributed by atoms with van der Waals surface area (Å²) in [4.78, 5) is 12.7. The van der Waals surface area contributed by atoms with Crippen molar-refractivity contribution < 1.29 is 14.3 Å². The largest absolute Gasteiger partial charge is 0.352 e. The van der Waals surface area contributed by atoms with Crippen LogP contribution in [0, 0.1) is 34.5 Å². The Morgan fingerprint density at radius 3 is 2.84 bits per heavy atom. The van der Waals surface area contributed by atoms with E-state index in [0.29, 0.717) is 12.3 Å². The van der Waals surface area contributed by atoms with Gasteiger partial charge in [-0.2, -0.15) is 5.26 Å². The van der Waals surface area contributed by atoms with E-state index in [-0.39, 0.29) is 24.1 Å². The molecule has 1 aliphatic carbocycles. The third-order valence-electron chi connectivity index (χ3n) is 5.56. The first-order valence-electron chi connectivity index (χ1n) is 7.28. The summed E-state index contributed by atoms with van der Waals surface area (Å²) in [5, 5.41) is 9.15. The molecule has 3 rings (SSSR count). The van der Waals surface area contributed by atoms with Crippen LogP contribution in [0.15, 0.2) is 0 Å². The number of nitriles is 1. The molecule has 0 aromatic rings. The van der Waals surface area contributed by atoms with Gasteiger partial charge in [0.05, 0.1) is 24.2 Å². The second-order valence-electron chi connectivity index (χ2n) is 6.46. The number of carbonyl (C=O) groups excluding carboxylic acids is 1. The highest BCUT2D eigenvalue weighted by Crippen LogP contribution is 2.50. The molecule has 19 heavy (non-hydrogen) atoms. The smallest absolute Gasteiger partial charge is 0.160 e. The molecule has 0 aromatic carbocycles. The number of ether oxygens (including phenoxy) is 2. The average Bonchev–Trinajstić information content (AvgIpc) is 2.97. The summed E-state index contributed by atoms with van der Waals surface area (Å²) in [5.74, 6) is 0.336. The Bertz CT molecular complexity index is 418. The van der Waals surface area contributed by atoms with E-state index in [0.717, 1.165) is 25.9 Å². The number of nitrogens with zero attached hydrogens (tertiary/aromatic N) is 1. The standard InChI is InChI=1S/C15H21NO3/c1-9-3-4-11(8-16)13(17)15(9,2)12-7-10-5-6-18-14(10)19-12/h9-12,14H,3-7H2,1-2H3/t9-,10+,11?,12-,14-,15-/m1/s1. The van der Waals surface area contributed by atoms with Crippen LogP contribution >= 0.6 is 0 Å². The van der Waals surface area contributed by atoms with E-state index >= 15 is 0 Å². The van der Waals surface area contributed by atoms with Crippen LogP contribution in [0.2, 0.25) is 0 Å². The number of hydrogen-bond acceptors (Lipinski definition) is 4. The van der Waals surface area contributed by atoms with Crippen LogP contribution in [0.3, 0.4) is 0 Å². The topological polar surface area (TPSA) is 59.3 Å². The van der Waals surface area contributed by atoms with Gasteiger partial charge in [-0.15, -0.1) is 0 Å². The lowest BCUT2D eigenvalue weighted by atomic mass is 9.60. The Balaban J connectivity index is 1.84. The molecule has 0 bridgehead atoms. The zero-order valence-corrected chi connectivity index (χ0v) is 11.6. The molecule has 0 spiro atoms. The second-order valence-corrected chi connectivity index (χ2v) is 6.46. The highest BCUT2D eigenvalue weighted by molar-refractivity contribution is 5.90. The van der Waals surface area contributed by atoms with Crippen molar-refractivity contribution in [1.82, 2.24) is 0 Å². The molecule has 1 saturated carbocycles. The third-order valence-corrected chi connectivity index (χ3v) is 5.56. The summed E-state index contributed by atoms with van der Waals surface area (Å²) in [6.45, 7) is 4.88.